The van der Waals surface area contributed by atoms with Crippen LogP contribution in [0.2, 0.25) is 0 Å². The molecule has 0 aromatic rings. The Bertz CT molecular complexity index is 550. The Morgan fingerprint density at radius 1 is 1.18 bits per heavy atom. The van der Waals surface area contributed by atoms with Crippen LogP contribution in [0.3, 0.4) is 0 Å². The Morgan fingerprint density at radius 3 is 2.18 bits per heavy atom. The summed E-state index contributed by atoms with van der Waals surface area (Å²) in [7, 11) is 0.277. The van der Waals surface area contributed by atoms with Crippen LogP contribution in [0.5, 0.6) is 0 Å². The molecule has 2 atom stereocenters. The van der Waals surface area contributed by atoms with E-state index in [1.807, 2.05) is 0 Å². The molecule has 0 bridgehead atoms. The second-order valence-electron chi connectivity index (χ2n) is 5.03. The molecule has 0 fully saturated rings. The number of ether oxygens (including phenoxy) is 2. The van der Waals surface area contributed by atoms with Gasteiger partial charge in [-0.3, -0.25) is 4.21 Å². The van der Waals surface area contributed by atoms with E-state index in [1.165, 1.54) is 7.11 Å². The van der Waals surface area contributed by atoms with Gasteiger partial charge < -0.3 is 14.8 Å². The van der Waals surface area contributed by atoms with E-state index in [1.54, 1.807) is 27.0 Å². The quantitative estimate of drug-likeness (QED) is 0.739. The lowest BCUT2D eigenvalue weighted by Crippen LogP contribution is -2.34. The van der Waals surface area contributed by atoms with Crippen LogP contribution in [-0.4, -0.2) is 41.9 Å². The molecule has 1 heterocycles. The molecule has 22 heavy (non-hydrogen) atoms. The van der Waals surface area contributed by atoms with Crippen LogP contribution in [0.4, 0.5) is 0 Å². The van der Waals surface area contributed by atoms with Crippen LogP contribution >= 0.6 is 0 Å². The van der Waals surface area contributed by atoms with Gasteiger partial charge in [-0.1, -0.05) is 0 Å². The SMILES string of the molecule is CCOC(=O)C1=C(C)NC(C)=C(C(=O)OC)C1CCS(C)=O. The van der Waals surface area contributed by atoms with Crippen LogP contribution in [0.25, 0.3) is 0 Å². The predicted molar refractivity (Wildman–Crippen MR) is 84.2 cm³/mol. The molecule has 0 radical (unpaired) electrons. The monoisotopic (exact) mass is 329 g/mol. The minimum atomic E-state index is -1.02. The second-order valence-corrected chi connectivity index (χ2v) is 6.59. The molecule has 7 heteroatoms. The number of nitrogens with one attached hydrogen (secondary N) is 1. The summed E-state index contributed by atoms with van der Waals surface area (Å²) in [6, 6.07) is 0. The topological polar surface area (TPSA) is 81.7 Å². The number of dihydropyridines is 1. The van der Waals surface area contributed by atoms with Crippen molar-refractivity contribution in [2.45, 2.75) is 27.2 Å². The molecule has 1 rings (SSSR count). The van der Waals surface area contributed by atoms with Crippen LogP contribution in [0, 0.1) is 5.92 Å². The fourth-order valence-electron chi connectivity index (χ4n) is 2.56. The first-order valence-electron chi connectivity index (χ1n) is 7.07. The van der Waals surface area contributed by atoms with Crippen molar-refractivity contribution in [2.75, 3.05) is 25.7 Å². The maximum atomic E-state index is 12.3. The average Bonchev–Trinajstić information content (AvgIpc) is 2.43. The van der Waals surface area contributed by atoms with Crippen molar-refractivity contribution in [3.8, 4) is 0 Å². The zero-order valence-electron chi connectivity index (χ0n) is 13.6. The third kappa shape index (κ3) is 4.19. The molecule has 1 aliphatic heterocycles. The van der Waals surface area contributed by atoms with Gasteiger partial charge in [0.15, 0.2) is 0 Å². The summed E-state index contributed by atoms with van der Waals surface area (Å²) in [5, 5.41) is 3.03. The second kappa shape index (κ2) is 8.12. The number of hydrogen-bond acceptors (Lipinski definition) is 6. The molecule has 0 saturated carbocycles. The van der Waals surface area contributed by atoms with Crippen molar-refractivity contribution >= 4 is 22.7 Å². The number of carbonyl (C=O) groups excluding carboxylic acids is 2. The smallest absolute Gasteiger partial charge is 0.336 e. The Balaban J connectivity index is 3.26. The fourth-order valence-corrected chi connectivity index (χ4v) is 3.13. The Hall–Kier alpha value is -1.63. The number of carbonyl (C=O) groups is 2. The molecule has 0 aromatic heterocycles. The van der Waals surface area contributed by atoms with E-state index in [4.69, 9.17) is 9.47 Å². The van der Waals surface area contributed by atoms with Crippen molar-refractivity contribution in [2.24, 2.45) is 5.92 Å². The van der Waals surface area contributed by atoms with Gasteiger partial charge in [-0.25, -0.2) is 9.59 Å². The highest BCUT2D eigenvalue weighted by atomic mass is 32.2. The number of methoxy groups -OCH3 is 1. The summed E-state index contributed by atoms with van der Waals surface area (Å²) in [5.41, 5.74) is 2.08. The van der Waals surface area contributed by atoms with Crippen molar-refractivity contribution in [1.29, 1.82) is 0 Å². The van der Waals surface area contributed by atoms with E-state index in [2.05, 4.69) is 5.32 Å². The minimum Gasteiger partial charge on any atom is -0.466 e. The molecule has 0 spiro atoms. The molecule has 1 aliphatic rings. The van der Waals surface area contributed by atoms with Crippen LogP contribution in [0.15, 0.2) is 22.5 Å². The Morgan fingerprint density at radius 2 is 1.73 bits per heavy atom. The van der Waals surface area contributed by atoms with Gasteiger partial charge in [0, 0.05) is 40.1 Å². The number of esters is 2. The molecular weight excluding hydrogens is 306 g/mol. The van der Waals surface area contributed by atoms with Gasteiger partial charge in [-0.15, -0.1) is 0 Å². The van der Waals surface area contributed by atoms with Crippen molar-refractivity contribution < 1.29 is 23.3 Å². The first-order valence-corrected chi connectivity index (χ1v) is 8.80. The average molecular weight is 329 g/mol. The highest BCUT2D eigenvalue weighted by Gasteiger charge is 2.36. The van der Waals surface area contributed by atoms with Gasteiger partial charge in [-0.2, -0.15) is 0 Å². The van der Waals surface area contributed by atoms with E-state index in [-0.39, 0.29) is 6.61 Å². The summed E-state index contributed by atoms with van der Waals surface area (Å²) >= 11 is 0. The Labute approximate surface area is 133 Å². The molecule has 2 unspecified atom stereocenters. The van der Waals surface area contributed by atoms with Crippen LogP contribution in [-0.2, 0) is 29.9 Å². The lowest BCUT2D eigenvalue weighted by Gasteiger charge is -2.29. The van der Waals surface area contributed by atoms with E-state index in [0.29, 0.717) is 34.7 Å². The van der Waals surface area contributed by atoms with E-state index in [0.717, 1.165) is 0 Å². The molecule has 6 nitrogen and oxygen atoms in total. The molecule has 1 N–H and O–H groups in total. The molecule has 124 valence electrons. The van der Waals surface area contributed by atoms with Gasteiger partial charge in [0.2, 0.25) is 0 Å². The van der Waals surface area contributed by atoms with Gasteiger partial charge in [0.05, 0.1) is 24.9 Å². The number of rotatable bonds is 6. The van der Waals surface area contributed by atoms with E-state index < -0.39 is 28.7 Å². The van der Waals surface area contributed by atoms with E-state index >= 15 is 0 Å². The van der Waals surface area contributed by atoms with Gasteiger partial charge >= 0.3 is 11.9 Å². The maximum Gasteiger partial charge on any atom is 0.336 e. The molecule has 0 aliphatic carbocycles. The summed E-state index contributed by atoms with van der Waals surface area (Å²) < 4.78 is 21.4. The van der Waals surface area contributed by atoms with Gasteiger partial charge in [0.25, 0.3) is 0 Å². The summed E-state index contributed by atoms with van der Waals surface area (Å²) in [4.78, 5) is 24.4. The Kier molecular flexibility index (Phi) is 6.80. The highest BCUT2D eigenvalue weighted by Crippen LogP contribution is 2.33. The zero-order valence-corrected chi connectivity index (χ0v) is 14.5. The molecule has 0 amide bonds. The number of allylic oxidation sites excluding steroid dienone is 2. The summed E-state index contributed by atoms with van der Waals surface area (Å²) in [6.45, 7) is 5.49. The predicted octanol–water partition coefficient (Wildman–Crippen LogP) is 1.26. The fraction of sp³-hybridized carbons (Fsp3) is 0.600. The lowest BCUT2D eigenvalue weighted by atomic mass is 9.83. The zero-order chi connectivity index (χ0) is 16.9. The van der Waals surface area contributed by atoms with Crippen LogP contribution in [0.1, 0.15) is 27.2 Å². The minimum absolute atomic E-state index is 0.248. The largest absolute Gasteiger partial charge is 0.466 e. The summed E-state index contributed by atoms with van der Waals surface area (Å²) in [6.07, 6.45) is 2.01. The standard InChI is InChI=1S/C15H23NO5S/c1-6-21-15(18)13-10(3)16-9(2)12(14(17)20-4)11(13)7-8-22(5)19/h11,16H,6-8H2,1-5H3. The third-order valence-corrected chi connectivity index (χ3v) is 4.29. The lowest BCUT2D eigenvalue weighted by molar-refractivity contribution is -0.139. The highest BCUT2D eigenvalue weighted by molar-refractivity contribution is 7.84. The van der Waals surface area contributed by atoms with E-state index in [9.17, 15) is 13.8 Å². The number of hydrogen-bond donors (Lipinski definition) is 1. The maximum absolute atomic E-state index is 12.3. The van der Waals surface area contributed by atoms with Crippen molar-refractivity contribution in [3.05, 3.63) is 22.5 Å². The van der Waals surface area contributed by atoms with Gasteiger partial charge in [-0.05, 0) is 27.2 Å². The first-order chi connectivity index (χ1) is 10.3. The molecule has 0 saturated heterocycles. The van der Waals surface area contributed by atoms with Crippen LogP contribution < -0.4 is 5.32 Å². The van der Waals surface area contributed by atoms with Gasteiger partial charge in [0.1, 0.15) is 0 Å². The van der Waals surface area contributed by atoms with Crippen molar-refractivity contribution in [1.82, 2.24) is 5.32 Å². The molecular formula is C15H23NO5S. The summed E-state index contributed by atoms with van der Waals surface area (Å²) in [5.74, 6) is -1.05. The first kappa shape index (κ1) is 18.4. The third-order valence-electron chi connectivity index (χ3n) is 3.47. The normalized spacial score (nSPS) is 19.6. The molecule has 0 aromatic carbocycles. The van der Waals surface area contributed by atoms with Crippen molar-refractivity contribution in [3.63, 3.8) is 0 Å².